The van der Waals surface area contributed by atoms with Crippen molar-refractivity contribution in [3.8, 4) is 5.75 Å². The van der Waals surface area contributed by atoms with E-state index in [0.717, 1.165) is 17.8 Å². The number of carbonyl (C=O) groups excluding carboxylic acids is 2. The molecule has 0 radical (unpaired) electrons. The van der Waals surface area contributed by atoms with Crippen molar-refractivity contribution in [3.05, 3.63) is 59.7 Å². The van der Waals surface area contributed by atoms with Gasteiger partial charge in [0.25, 0.3) is 5.91 Å². The Morgan fingerprint density at radius 1 is 1.11 bits per heavy atom. The zero-order chi connectivity index (χ0) is 19.2. The van der Waals surface area contributed by atoms with E-state index in [9.17, 15) is 9.59 Å². The molecule has 1 aliphatic heterocycles. The largest absolute Gasteiger partial charge is 0.482 e. The van der Waals surface area contributed by atoms with Gasteiger partial charge in [0.05, 0.1) is 5.69 Å². The predicted octanol–water partition coefficient (Wildman–Crippen LogP) is 2.18. The first kappa shape index (κ1) is 18.9. The van der Waals surface area contributed by atoms with Gasteiger partial charge in [-0.05, 0) is 37.4 Å². The Labute approximate surface area is 159 Å². The third-order valence-corrected chi connectivity index (χ3v) is 4.38. The first-order valence-corrected chi connectivity index (χ1v) is 9.04. The zero-order valence-electron chi connectivity index (χ0n) is 15.8. The molecule has 0 saturated heterocycles. The Morgan fingerprint density at radius 2 is 1.81 bits per heavy atom. The van der Waals surface area contributed by atoms with E-state index in [1.54, 1.807) is 4.90 Å². The number of nitrogens with one attached hydrogen (secondary N) is 1. The highest BCUT2D eigenvalue weighted by Gasteiger charge is 2.25. The van der Waals surface area contributed by atoms with E-state index in [1.165, 1.54) is 5.56 Å². The molecule has 0 atom stereocenters. The van der Waals surface area contributed by atoms with Gasteiger partial charge in [-0.1, -0.05) is 36.4 Å². The van der Waals surface area contributed by atoms with Crippen LogP contribution in [0.3, 0.4) is 0 Å². The van der Waals surface area contributed by atoms with Crippen LogP contribution in [-0.4, -0.2) is 44.0 Å². The van der Waals surface area contributed by atoms with Crippen molar-refractivity contribution in [2.45, 2.75) is 19.5 Å². The summed E-state index contributed by atoms with van der Waals surface area (Å²) >= 11 is 0. The number of ether oxygens (including phenoxy) is 1. The van der Waals surface area contributed by atoms with Crippen molar-refractivity contribution in [2.75, 3.05) is 32.1 Å². The number of amides is 2. The van der Waals surface area contributed by atoms with Crippen molar-refractivity contribution < 1.29 is 14.3 Å². The lowest BCUT2D eigenvalue weighted by Crippen LogP contribution is -2.41. The maximum atomic E-state index is 12.2. The van der Waals surface area contributed by atoms with Crippen molar-refractivity contribution in [2.24, 2.45) is 0 Å². The molecule has 0 saturated carbocycles. The standard InChI is InChI=1S/C21H25N3O3/c1-23(2)14-17-9-7-16(8-10-17)13-22-20(25)11-12-24-18-5-3-4-6-19(18)27-15-21(24)26/h3-10H,11-15H2,1-2H3,(H,22,25). The minimum atomic E-state index is -0.127. The summed E-state index contributed by atoms with van der Waals surface area (Å²) in [6.45, 7) is 1.72. The highest BCUT2D eigenvalue weighted by atomic mass is 16.5. The average molecular weight is 367 g/mol. The summed E-state index contributed by atoms with van der Waals surface area (Å²) in [5, 5.41) is 2.92. The van der Waals surface area contributed by atoms with Crippen molar-refractivity contribution in [1.82, 2.24) is 10.2 Å². The molecule has 1 heterocycles. The fraction of sp³-hybridized carbons (Fsp3) is 0.333. The van der Waals surface area contributed by atoms with Crippen LogP contribution in [0.15, 0.2) is 48.5 Å². The van der Waals surface area contributed by atoms with E-state index < -0.39 is 0 Å². The van der Waals surface area contributed by atoms with Crippen molar-refractivity contribution in [1.29, 1.82) is 0 Å². The molecular weight excluding hydrogens is 342 g/mol. The Morgan fingerprint density at radius 3 is 2.56 bits per heavy atom. The lowest BCUT2D eigenvalue weighted by Gasteiger charge is -2.29. The van der Waals surface area contributed by atoms with Gasteiger partial charge in [-0.3, -0.25) is 9.59 Å². The summed E-state index contributed by atoms with van der Waals surface area (Å²) in [6, 6.07) is 15.6. The fourth-order valence-electron chi connectivity index (χ4n) is 3.03. The third kappa shape index (κ3) is 5.08. The molecule has 6 nitrogen and oxygen atoms in total. The van der Waals surface area contributed by atoms with Crippen molar-refractivity contribution >= 4 is 17.5 Å². The van der Waals surface area contributed by atoms with Gasteiger partial charge in [0.1, 0.15) is 5.75 Å². The Balaban J connectivity index is 1.49. The Hall–Kier alpha value is -2.86. The van der Waals surface area contributed by atoms with Gasteiger partial charge in [0.15, 0.2) is 6.61 Å². The predicted molar refractivity (Wildman–Crippen MR) is 105 cm³/mol. The lowest BCUT2D eigenvalue weighted by molar-refractivity contribution is -0.122. The number of para-hydroxylation sites is 2. The van der Waals surface area contributed by atoms with Crippen LogP contribution in [0.4, 0.5) is 5.69 Å². The highest BCUT2D eigenvalue weighted by Crippen LogP contribution is 2.31. The smallest absolute Gasteiger partial charge is 0.265 e. The van der Waals surface area contributed by atoms with E-state index in [2.05, 4.69) is 22.3 Å². The fourth-order valence-corrected chi connectivity index (χ4v) is 3.03. The average Bonchev–Trinajstić information content (AvgIpc) is 2.66. The quantitative estimate of drug-likeness (QED) is 0.815. The topological polar surface area (TPSA) is 61.9 Å². The van der Waals surface area contributed by atoms with Gasteiger partial charge in [-0.25, -0.2) is 0 Å². The van der Waals surface area contributed by atoms with Crippen LogP contribution >= 0.6 is 0 Å². The van der Waals surface area contributed by atoms with E-state index in [1.807, 2.05) is 50.5 Å². The van der Waals surface area contributed by atoms with E-state index in [0.29, 0.717) is 18.8 Å². The van der Waals surface area contributed by atoms with Gasteiger partial charge < -0.3 is 19.9 Å². The molecule has 0 spiro atoms. The second-order valence-corrected chi connectivity index (χ2v) is 6.88. The summed E-state index contributed by atoms with van der Waals surface area (Å²) in [7, 11) is 4.07. The van der Waals surface area contributed by atoms with E-state index in [-0.39, 0.29) is 24.8 Å². The SMILES string of the molecule is CN(C)Cc1ccc(CNC(=O)CCN2C(=O)COc3ccccc32)cc1. The molecule has 27 heavy (non-hydrogen) atoms. The minimum absolute atomic E-state index is 0.0118. The zero-order valence-corrected chi connectivity index (χ0v) is 15.8. The molecule has 1 aliphatic rings. The number of carbonyl (C=O) groups is 2. The second-order valence-electron chi connectivity index (χ2n) is 6.88. The number of nitrogens with zero attached hydrogens (tertiary/aromatic N) is 2. The van der Waals surface area contributed by atoms with Crippen LogP contribution in [0.1, 0.15) is 17.5 Å². The van der Waals surface area contributed by atoms with Crippen LogP contribution in [0.25, 0.3) is 0 Å². The van der Waals surface area contributed by atoms with Crippen molar-refractivity contribution in [3.63, 3.8) is 0 Å². The van der Waals surface area contributed by atoms with Gasteiger partial charge in [0.2, 0.25) is 5.91 Å². The Bertz CT molecular complexity index is 803. The lowest BCUT2D eigenvalue weighted by atomic mass is 10.1. The van der Waals surface area contributed by atoms with E-state index >= 15 is 0 Å². The third-order valence-electron chi connectivity index (χ3n) is 4.38. The van der Waals surface area contributed by atoms with Crippen LogP contribution in [-0.2, 0) is 22.7 Å². The van der Waals surface area contributed by atoms with Crippen LogP contribution in [0.5, 0.6) is 5.75 Å². The number of rotatable bonds is 7. The summed E-state index contributed by atoms with van der Waals surface area (Å²) in [5.74, 6) is 0.470. The van der Waals surface area contributed by atoms with Gasteiger partial charge in [-0.2, -0.15) is 0 Å². The molecule has 2 aromatic rings. The number of fused-ring (bicyclic) bond motifs is 1. The molecule has 0 fully saturated rings. The highest BCUT2D eigenvalue weighted by molar-refractivity contribution is 5.98. The molecular formula is C21H25N3O3. The molecule has 0 unspecified atom stereocenters. The molecule has 2 aromatic carbocycles. The van der Waals surface area contributed by atoms with E-state index in [4.69, 9.17) is 4.74 Å². The van der Waals surface area contributed by atoms with Gasteiger partial charge in [-0.15, -0.1) is 0 Å². The molecule has 2 amide bonds. The molecule has 0 aliphatic carbocycles. The van der Waals surface area contributed by atoms with Crippen LogP contribution in [0.2, 0.25) is 0 Å². The molecule has 3 rings (SSSR count). The maximum absolute atomic E-state index is 12.2. The first-order chi connectivity index (χ1) is 13.0. The molecule has 0 bridgehead atoms. The molecule has 6 heteroatoms. The minimum Gasteiger partial charge on any atom is -0.482 e. The van der Waals surface area contributed by atoms with Gasteiger partial charge in [0, 0.05) is 26.1 Å². The number of hydrogen-bond donors (Lipinski definition) is 1. The summed E-state index contributed by atoms with van der Waals surface area (Å²) in [5.41, 5.74) is 3.01. The monoisotopic (exact) mass is 367 g/mol. The first-order valence-electron chi connectivity index (χ1n) is 9.04. The summed E-state index contributed by atoms with van der Waals surface area (Å²) in [4.78, 5) is 28.1. The molecule has 142 valence electrons. The number of benzene rings is 2. The van der Waals surface area contributed by atoms with Crippen LogP contribution < -0.4 is 15.0 Å². The van der Waals surface area contributed by atoms with Crippen LogP contribution in [0, 0.1) is 0 Å². The molecule has 0 aromatic heterocycles. The maximum Gasteiger partial charge on any atom is 0.265 e. The Kier molecular flexibility index (Phi) is 6.08. The summed E-state index contributed by atoms with van der Waals surface area (Å²) in [6.07, 6.45) is 0.249. The molecule has 1 N–H and O–H groups in total. The normalized spacial score (nSPS) is 13.3. The number of hydrogen-bond acceptors (Lipinski definition) is 4. The summed E-state index contributed by atoms with van der Waals surface area (Å²) < 4.78 is 5.42. The number of anilines is 1. The second kappa shape index (κ2) is 8.68. The van der Waals surface area contributed by atoms with Gasteiger partial charge >= 0.3 is 0 Å².